The molecular weight excluding hydrogens is 422 g/mol. The number of hydrogen-bond donors (Lipinski definition) is 1. The normalized spacial score (nSPS) is 14.9. The van der Waals surface area contributed by atoms with E-state index in [1.165, 1.54) is 0 Å². The van der Waals surface area contributed by atoms with Gasteiger partial charge in [0, 0.05) is 38.4 Å². The van der Waals surface area contributed by atoms with Crippen molar-refractivity contribution < 1.29 is 4.74 Å². The summed E-state index contributed by atoms with van der Waals surface area (Å²) in [6.45, 7) is 8.79. The molecule has 3 rings (SSSR count). The maximum Gasteiger partial charge on any atom is 0.232 e. The van der Waals surface area contributed by atoms with Gasteiger partial charge in [0.15, 0.2) is 5.96 Å². The van der Waals surface area contributed by atoms with Crippen molar-refractivity contribution in [2.24, 2.45) is 4.99 Å². The summed E-state index contributed by atoms with van der Waals surface area (Å²) in [7, 11) is 1.61. The molecule has 2 aromatic rings. The first-order valence-electron chi connectivity index (χ1n) is 9.38. The van der Waals surface area contributed by atoms with Crippen LogP contribution >= 0.6 is 15.9 Å². The lowest BCUT2D eigenvalue weighted by atomic mass is 10.3. The Morgan fingerprint density at radius 2 is 2.04 bits per heavy atom. The second kappa shape index (κ2) is 9.68. The van der Waals surface area contributed by atoms with E-state index in [0.717, 1.165) is 54.5 Å². The molecule has 0 amide bonds. The number of hydrogen-bond acceptors (Lipinski definition) is 6. The number of guanidine groups is 1. The highest BCUT2D eigenvalue weighted by atomic mass is 79.9. The van der Waals surface area contributed by atoms with Crippen LogP contribution in [0.3, 0.4) is 0 Å². The zero-order valence-corrected chi connectivity index (χ0v) is 18.1. The highest BCUT2D eigenvalue weighted by Gasteiger charge is 2.22. The maximum absolute atomic E-state index is 5.28. The van der Waals surface area contributed by atoms with Crippen LogP contribution in [0.15, 0.2) is 33.9 Å². The molecule has 3 heterocycles. The number of nitrogens with one attached hydrogen (secondary N) is 1. The predicted octanol–water partition coefficient (Wildman–Crippen LogP) is 2.24. The van der Waals surface area contributed by atoms with Crippen molar-refractivity contribution >= 4 is 27.8 Å². The zero-order valence-electron chi connectivity index (χ0n) is 16.5. The van der Waals surface area contributed by atoms with Gasteiger partial charge in [0.05, 0.1) is 30.0 Å². The summed E-state index contributed by atoms with van der Waals surface area (Å²) in [5.41, 5.74) is 1.99. The van der Waals surface area contributed by atoms with E-state index < -0.39 is 0 Å². The van der Waals surface area contributed by atoms with Gasteiger partial charge in [-0.25, -0.2) is 9.98 Å². The van der Waals surface area contributed by atoms with Crippen LogP contribution in [0.2, 0.25) is 0 Å². The number of ether oxygens (including phenoxy) is 1. The number of nitrogens with zero attached hydrogens (tertiary/aromatic N) is 6. The number of piperazine rings is 1. The predicted molar refractivity (Wildman–Crippen MR) is 114 cm³/mol. The fraction of sp³-hybridized carbons (Fsp3) is 0.474. The molecule has 0 aliphatic carbocycles. The third kappa shape index (κ3) is 5.09. The maximum atomic E-state index is 5.28. The minimum absolute atomic E-state index is 0.549. The van der Waals surface area contributed by atoms with Crippen LogP contribution in [0, 0.1) is 6.92 Å². The lowest BCUT2D eigenvalue weighted by Gasteiger charge is -2.36. The van der Waals surface area contributed by atoms with Crippen molar-refractivity contribution in [1.82, 2.24) is 25.2 Å². The molecule has 0 saturated carbocycles. The van der Waals surface area contributed by atoms with Crippen LogP contribution in [0.5, 0.6) is 5.88 Å². The SMILES string of the molecule is CCNC(=NCc1cccc(C)n1)N1CCN(c2ncc(Br)c(OC)n2)CC1. The molecule has 0 spiro atoms. The summed E-state index contributed by atoms with van der Waals surface area (Å²) in [5.74, 6) is 2.15. The molecule has 1 aliphatic heterocycles. The summed E-state index contributed by atoms with van der Waals surface area (Å²) in [6.07, 6.45) is 1.73. The van der Waals surface area contributed by atoms with E-state index >= 15 is 0 Å². The van der Waals surface area contributed by atoms with Crippen molar-refractivity contribution in [3.05, 3.63) is 40.3 Å². The Balaban J connectivity index is 1.64. The van der Waals surface area contributed by atoms with E-state index in [2.05, 4.69) is 52.9 Å². The molecule has 0 aromatic carbocycles. The molecule has 2 aromatic heterocycles. The van der Waals surface area contributed by atoms with Gasteiger partial charge in [-0.15, -0.1) is 0 Å². The minimum atomic E-state index is 0.549. The van der Waals surface area contributed by atoms with Crippen molar-refractivity contribution in [2.75, 3.05) is 44.7 Å². The van der Waals surface area contributed by atoms with Crippen molar-refractivity contribution in [3.8, 4) is 5.88 Å². The molecule has 0 bridgehead atoms. The summed E-state index contributed by atoms with van der Waals surface area (Å²) in [4.78, 5) is 22.6. The van der Waals surface area contributed by atoms with Crippen molar-refractivity contribution in [3.63, 3.8) is 0 Å². The van der Waals surface area contributed by atoms with Gasteiger partial charge in [0.1, 0.15) is 0 Å². The summed E-state index contributed by atoms with van der Waals surface area (Å²) >= 11 is 3.40. The van der Waals surface area contributed by atoms with Crippen molar-refractivity contribution in [1.29, 1.82) is 0 Å². The van der Waals surface area contributed by atoms with Gasteiger partial charge < -0.3 is 19.9 Å². The third-order valence-corrected chi connectivity index (χ3v) is 4.97. The fourth-order valence-electron chi connectivity index (χ4n) is 3.03. The topological polar surface area (TPSA) is 78.8 Å². The Hall–Kier alpha value is -2.42. The Labute approximate surface area is 174 Å². The number of anilines is 1. The Morgan fingerprint density at radius 1 is 1.25 bits per heavy atom. The molecule has 28 heavy (non-hydrogen) atoms. The van der Waals surface area contributed by atoms with Crippen LogP contribution in [0.25, 0.3) is 0 Å². The van der Waals surface area contributed by atoms with Gasteiger partial charge in [0.25, 0.3) is 0 Å². The molecule has 0 unspecified atom stereocenters. The number of pyridine rings is 1. The number of rotatable bonds is 5. The first kappa shape index (κ1) is 20.3. The summed E-state index contributed by atoms with van der Waals surface area (Å²) < 4.78 is 6.03. The number of aliphatic imine (C=N–C) groups is 1. The Kier molecular flexibility index (Phi) is 7.02. The Bertz CT molecular complexity index is 822. The smallest absolute Gasteiger partial charge is 0.232 e. The molecule has 1 N–H and O–H groups in total. The first-order valence-corrected chi connectivity index (χ1v) is 10.2. The molecule has 150 valence electrons. The molecule has 0 radical (unpaired) electrons. The second-order valence-corrected chi connectivity index (χ2v) is 7.30. The lowest BCUT2D eigenvalue weighted by molar-refractivity contribution is 0.366. The van der Waals surface area contributed by atoms with Gasteiger partial charge in [-0.2, -0.15) is 4.98 Å². The van der Waals surface area contributed by atoms with Gasteiger partial charge in [0.2, 0.25) is 11.8 Å². The Morgan fingerprint density at radius 3 is 2.71 bits per heavy atom. The van der Waals surface area contributed by atoms with E-state index in [4.69, 9.17) is 9.73 Å². The zero-order chi connectivity index (χ0) is 19.9. The standard InChI is InChI=1S/C19H26BrN7O/c1-4-21-18(22-12-15-7-5-6-14(2)24-15)26-8-10-27(11-9-26)19-23-13-16(20)17(25-19)28-3/h5-7,13H,4,8-12H2,1-3H3,(H,21,22). The quantitative estimate of drug-likeness (QED) is 0.555. The second-order valence-electron chi connectivity index (χ2n) is 6.44. The van der Waals surface area contributed by atoms with Crippen molar-refractivity contribution in [2.45, 2.75) is 20.4 Å². The number of aryl methyl sites for hydroxylation is 1. The lowest BCUT2D eigenvalue weighted by Crippen LogP contribution is -2.53. The van der Waals surface area contributed by atoms with Crippen LogP contribution in [-0.4, -0.2) is 65.6 Å². The number of aromatic nitrogens is 3. The third-order valence-electron chi connectivity index (χ3n) is 4.43. The summed E-state index contributed by atoms with van der Waals surface area (Å²) in [5, 5.41) is 3.39. The van der Waals surface area contributed by atoms with E-state index in [9.17, 15) is 0 Å². The largest absolute Gasteiger partial charge is 0.480 e. The van der Waals surface area contributed by atoms with Crippen LogP contribution in [0.4, 0.5) is 5.95 Å². The average Bonchev–Trinajstić information content (AvgIpc) is 2.72. The number of methoxy groups -OCH3 is 1. The molecule has 8 nitrogen and oxygen atoms in total. The highest BCUT2D eigenvalue weighted by Crippen LogP contribution is 2.23. The van der Waals surface area contributed by atoms with E-state index in [1.807, 2.05) is 25.1 Å². The van der Waals surface area contributed by atoms with Crippen LogP contribution in [-0.2, 0) is 6.54 Å². The summed E-state index contributed by atoms with van der Waals surface area (Å²) in [6, 6.07) is 6.03. The number of halogens is 1. The molecule has 1 saturated heterocycles. The molecule has 1 aliphatic rings. The van der Waals surface area contributed by atoms with E-state index in [1.54, 1.807) is 13.3 Å². The van der Waals surface area contributed by atoms with Gasteiger partial charge in [-0.05, 0) is 41.9 Å². The van der Waals surface area contributed by atoms with E-state index in [-0.39, 0.29) is 0 Å². The van der Waals surface area contributed by atoms with Gasteiger partial charge >= 0.3 is 0 Å². The average molecular weight is 448 g/mol. The van der Waals surface area contributed by atoms with Crippen LogP contribution in [0.1, 0.15) is 18.3 Å². The van der Waals surface area contributed by atoms with Gasteiger partial charge in [-0.1, -0.05) is 6.07 Å². The van der Waals surface area contributed by atoms with Gasteiger partial charge in [-0.3, -0.25) is 4.98 Å². The van der Waals surface area contributed by atoms with E-state index in [0.29, 0.717) is 18.4 Å². The highest BCUT2D eigenvalue weighted by molar-refractivity contribution is 9.10. The fourth-order valence-corrected chi connectivity index (χ4v) is 3.38. The molecule has 9 heteroatoms. The monoisotopic (exact) mass is 447 g/mol. The molecule has 1 fully saturated rings. The molecule has 0 atom stereocenters. The van der Waals surface area contributed by atoms with Crippen LogP contribution < -0.4 is 15.0 Å². The minimum Gasteiger partial charge on any atom is -0.480 e. The first-order chi connectivity index (χ1) is 13.6. The molecular formula is C19H26BrN7O.